The van der Waals surface area contributed by atoms with Crippen molar-refractivity contribution in [3.05, 3.63) is 48.0 Å². The van der Waals surface area contributed by atoms with E-state index in [0.29, 0.717) is 5.41 Å². The Balaban J connectivity index is 0.00000121. The molecule has 2 aliphatic rings. The second kappa shape index (κ2) is 4.75. The third-order valence-electron chi connectivity index (χ3n) is 5.47. The number of hydrogen-bond acceptors (Lipinski definition) is 1. The van der Waals surface area contributed by atoms with Gasteiger partial charge in [0.1, 0.15) is 0 Å². The first-order valence-electron chi connectivity index (χ1n) is 7.37. The van der Waals surface area contributed by atoms with Crippen molar-refractivity contribution in [3.63, 3.8) is 0 Å². The summed E-state index contributed by atoms with van der Waals surface area (Å²) in [7, 11) is 4.48. The fourth-order valence-electron chi connectivity index (χ4n) is 4.45. The van der Waals surface area contributed by atoms with Crippen molar-refractivity contribution in [1.29, 1.82) is 0 Å². The zero-order chi connectivity index (χ0) is 13.0. The predicted molar refractivity (Wildman–Crippen MR) is 87.7 cm³/mol. The number of hydrogen-bond donors (Lipinski definition) is 0. The molecule has 2 aromatic carbocycles. The minimum Gasteiger partial charge on any atom is -0.306 e. The predicted octanol–water partition coefficient (Wildman–Crippen LogP) is 4.24. The van der Waals surface area contributed by atoms with Gasteiger partial charge in [0.25, 0.3) is 0 Å². The summed E-state index contributed by atoms with van der Waals surface area (Å²) < 4.78 is 0. The van der Waals surface area contributed by atoms with E-state index in [-0.39, 0.29) is 12.4 Å². The van der Waals surface area contributed by atoms with Gasteiger partial charge in [0.2, 0.25) is 0 Å². The van der Waals surface area contributed by atoms with Crippen LogP contribution in [0.2, 0.25) is 0 Å². The average molecular weight is 288 g/mol. The van der Waals surface area contributed by atoms with E-state index in [0.717, 1.165) is 12.0 Å². The van der Waals surface area contributed by atoms with Gasteiger partial charge in [-0.05, 0) is 55.6 Å². The molecule has 2 saturated carbocycles. The van der Waals surface area contributed by atoms with Gasteiger partial charge in [-0.1, -0.05) is 42.5 Å². The minimum atomic E-state index is 0. The topological polar surface area (TPSA) is 3.24 Å². The highest BCUT2D eigenvalue weighted by Crippen LogP contribution is 2.66. The van der Waals surface area contributed by atoms with Crippen LogP contribution in [-0.2, 0) is 5.41 Å². The van der Waals surface area contributed by atoms with E-state index in [1.54, 1.807) is 5.56 Å². The van der Waals surface area contributed by atoms with Gasteiger partial charge >= 0.3 is 0 Å². The smallest absolute Gasteiger partial charge is 0.0127 e. The van der Waals surface area contributed by atoms with Crippen molar-refractivity contribution in [2.75, 3.05) is 14.1 Å². The summed E-state index contributed by atoms with van der Waals surface area (Å²) in [5.74, 6) is 0.883. The van der Waals surface area contributed by atoms with Crippen LogP contribution in [-0.4, -0.2) is 25.0 Å². The number of fused-ring (bicyclic) bond motifs is 2. The average Bonchev–Trinajstić information content (AvgIpc) is 3.04. The zero-order valence-corrected chi connectivity index (χ0v) is 13.0. The minimum absolute atomic E-state index is 0. The number of rotatable bonds is 2. The Labute approximate surface area is 127 Å². The Bertz CT molecular complexity index is 631. The van der Waals surface area contributed by atoms with Crippen LogP contribution < -0.4 is 0 Å². The van der Waals surface area contributed by atoms with Crippen molar-refractivity contribution in [2.45, 2.75) is 30.7 Å². The molecule has 106 valence electrons. The summed E-state index contributed by atoms with van der Waals surface area (Å²) in [6.45, 7) is 0. The number of nitrogens with zero attached hydrogens (tertiary/aromatic N) is 1. The summed E-state index contributed by atoms with van der Waals surface area (Å²) in [4.78, 5) is 2.44. The zero-order valence-electron chi connectivity index (χ0n) is 12.2. The molecular formula is C18H22ClN. The molecule has 2 fully saturated rings. The first-order valence-corrected chi connectivity index (χ1v) is 7.37. The van der Waals surface area contributed by atoms with Gasteiger partial charge in [0.05, 0.1) is 0 Å². The van der Waals surface area contributed by atoms with Gasteiger partial charge in [-0.25, -0.2) is 0 Å². The molecule has 0 aliphatic heterocycles. The van der Waals surface area contributed by atoms with Crippen LogP contribution >= 0.6 is 12.4 Å². The van der Waals surface area contributed by atoms with Crippen LogP contribution in [0.4, 0.5) is 0 Å². The third-order valence-corrected chi connectivity index (χ3v) is 5.47. The maximum absolute atomic E-state index is 2.44. The molecule has 0 amide bonds. The van der Waals surface area contributed by atoms with Gasteiger partial charge in [-0.3, -0.25) is 0 Å². The van der Waals surface area contributed by atoms with Crippen LogP contribution in [0.1, 0.15) is 24.8 Å². The van der Waals surface area contributed by atoms with Crippen molar-refractivity contribution >= 4 is 23.2 Å². The quantitative estimate of drug-likeness (QED) is 0.798. The fraction of sp³-hybridized carbons (Fsp3) is 0.444. The molecule has 3 unspecified atom stereocenters. The van der Waals surface area contributed by atoms with Gasteiger partial charge < -0.3 is 4.90 Å². The fourth-order valence-corrected chi connectivity index (χ4v) is 4.45. The summed E-state index contributed by atoms with van der Waals surface area (Å²) in [6.07, 6.45) is 4.12. The van der Waals surface area contributed by atoms with Crippen molar-refractivity contribution in [2.24, 2.45) is 5.92 Å². The standard InChI is InChI=1S/C18H21N.ClH/c1-19(2)17-10-11-18(12-16(17)18)15-9-5-7-13-6-3-4-8-14(13)15;/h3-9,16-17H,10-12H2,1-2H3;1H. The highest BCUT2D eigenvalue weighted by atomic mass is 35.5. The van der Waals surface area contributed by atoms with Crippen LogP contribution in [0.25, 0.3) is 10.8 Å². The molecule has 0 bridgehead atoms. The van der Waals surface area contributed by atoms with E-state index in [2.05, 4.69) is 61.5 Å². The summed E-state index contributed by atoms with van der Waals surface area (Å²) in [5, 5.41) is 2.88. The van der Waals surface area contributed by atoms with E-state index in [1.807, 2.05) is 0 Å². The molecule has 2 heteroatoms. The van der Waals surface area contributed by atoms with Gasteiger partial charge in [-0.15, -0.1) is 12.4 Å². The summed E-state index contributed by atoms with van der Waals surface area (Å²) >= 11 is 0. The van der Waals surface area contributed by atoms with Crippen molar-refractivity contribution in [1.82, 2.24) is 4.90 Å². The monoisotopic (exact) mass is 287 g/mol. The number of halogens is 1. The van der Waals surface area contributed by atoms with Crippen LogP contribution in [0, 0.1) is 5.92 Å². The lowest BCUT2D eigenvalue weighted by molar-refractivity contribution is 0.271. The molecule has 0 N–H and O–H groups in total. The van der Waals surface area contributed by atoms with E-state index in [4.69, 9.17) is 0 Å². The maximum Gasteiger partial charge on any atom is 0.0127 e. The Kier molecular flexibility index (Phi) is 3.30. The van der Waals surface area contributed by atoms with Crippen LogP contribution in [0.15, 0.2) is 42.5 Å². The SMILES string of the molecule is CN(C)C1CCC2(c3cccc4ccccc34)CC12.Cl. The lowest BCUT2D eigenvalue weighted by Gasteiger charge is -2.19. The van der Waals surface area contributed by atoms with Crippen molar-refractivity contribution in [3.8, 4) is 0 Å². The molecule has 2 aliphatic carbocycles. The molecule has 2 aromatic rings. The van der Waals surface area contributed by atoms with Gasteiger partial charge in [0, 0.05) is 11.5 Å². The highest BCUT2D eigenvalue weighted by Gasteiger charge is 2.63. The van der Waals surface area contributed by atoms with Gasteiger partial charge in [0.15, 0.2) is 0 Å². The number of benzene rings is 2. The molecule has 0 heterocycles. The van der Waals surface area contributed by atoms with E-state index < -0.39 is 0 Å². The van der Waals surface area contributed by atoms with Crippen molar-refractivity contribution < 1.29 is 0 Å². The Morgan fingerprint density at radius 3 is 2.50 bits per heavy atom. The summed E-state index contributed by atoms with van der Waals surface area (Å²) in [5.41, 5.74) is 2.11. The second-order valence-corrected chi connectivity index (χ2v) is 6.56. The molecule has 0 radical (unpaired) electrons. The maximum atomic E-state index is 2.44. The largest absolute Gasteiger partial charge is 0.306 e. The Morgan fingerprint density at radius 1 is 1.05 bits per heavy atom. The summed E-state index contributed by atoms with van der Waals surface area (Å²) in [6, 6.07) is 16.5. The first-order chi connectivity index (χ1) is 9.22. The van der Waals surface area contributed by atoms with E-state index >= 15 is 0 Å². The highest BCUT2D eigenvalue weighted by molar-refractivity contribution is 5.87. The van der Waals surface area contributed by atoms with E-state index in [1.165, 1.54) is 30.0 Å². The lowest BCUT2D eigenvalue weighted by Crippen LogP contribution is -2.27. The lowest BCUT2D eigenvalue weighted by atomic mass is 9.89. The van der Waals surface area contributed by atoms with E-state index in [9.17, 15) is 0 Å². The molecule has 0 spiro atoms. The third kappa shape index (κ3) is 1.80. The first kappa shape index (κ1) is 13.9. The molecule has 3 atom stereocenters. The molecular weight excluding hydrogens is 266 g/mol. The molecule has 0 aromatic heterocycles. The Morgan fingerprint density at radius 2 is 1.80 bits per heavy atom. The second-order valence-electron chi connectivity index (χ2n) is 6.56. The normalized spacial score (nSPS) is 31.1. The molecule has 1 nitrogen and oxygen atoms in total. The van der Waals surface area contributed by atoms with Gasteiger partial charge in [-0.2, -0.15) is 0 Å². The molecule has 4 rings (SSSR count). The molecule has 20 heavy (non-hydrogen) atoms. The Hall–Kier alpha value is -1.05. The molecule has 0 saturated heterocycles. The van der Waals surface area contributed by atoms with Crippen LogP contribution in [0.3, 0.4) is 0 Å². The van der Waals surface area contributed by atoms with Crippen LogP contribution in [0.5, 0.6) is 0 Å².